The van der Waals surface area contributed by atoms with Crippen LogP contribution in [0.4, 0.5) is 0 Å². The monoisotopic (exact) mass is 199 g/mol. The zero-order valence-electron chi connectivity index (χ0n) is 9.63. The van der Waals surface area contributed by atoms with Crippen molar-refractivity contribution < 1.29 is 5.11 Å². The van der Waals surface area contributed by atoms with Crippen molar-refractivity contribution in [3.63, 3.8) is 0 Å². The fraction of sp³-hybridized carbons (Fsp3) is 1.00. The predicted octanol–water partition coefficient (Wildman–Crippen LogP) is 2.32. The van der Waals surface area contributed by atoms with Gasteiger partial charge in [-0.05, 0) is 31.7 Å². The molecule has 0 aliphatic carbocycles. The van der Waals surface area contributed by atoms with E-state index >= 15 is 0 Å². The Labute approximate surface area is 88.1 Å². The Morgan fingerprint density at radius 3 is 2.79 bits per heavy atom. The van der Waals surface area contributed by atoms with Gasteiger partial charge in [0, 0.05) is 6.04 Å². The summed E-state index contributed by atoms with van der Waals surface area (Å²) in [6, 6.07) is 0.364. The van der Waals surface area contributed by atoms with Gasteiger partial charge >= 0.3 is 0 Å². The van der Waals surface area contributed by atoms with Crippen LogP contribution in [-0.4, -0.2) is 23.8 Å². The number of aliphatic hydroxyl groups is 1. The Balaban J connectivity index is 2.21. The van der Waals surface area contributed by atoms with Crippen molar-refractivity contribution in [2.45, 2.75) is 64.5 Å². The van der Waals surface area contributed by atoms with Gasteiger partial charge in [-0.1, -0.05) is 33.1 Å². The van der Waals surface area contributed by atoms with Crippen LogP contribution in [0.2, 0.25) is 0 Å². The van der Waals surface area contributed by atoms with E-state index in [2.05, 4.69) is 19.2 Å². The molecule has 0 radical (unpaired) electrons. The van der Waals surface area contributed by atoms with Crippen LogP contribution in [-0.2, 0) is 0 Å². The van der Waals surface area contributed by atoms with Gasteiger partial charge in [0.1, 0.15) is 0 Å². The lowest BCUT2D eigenvalue weighted by Gasteiger charge is -2.29. The molecule has 2 N–H and O–H groups in total. The van der Waals surface area contributed by atoms with Crippen LogP contribution < -0.4 is 5.32 Å². The number of hydrogen-bond donors (Lipinski definition) is 2. The Morgan fingerprint density at radius 1 is 1.43 bits per heavy atom. The minimum atomic E-state index is -0.128. The summed E-state index contributed by atoms with van der Waals surface area (Å²) in [5.74, 6) is 0.665. The number of nitrogens with one attached hydrogen (secondary N) is 1. The van der Waals surface area contributed by atoms with E-state index in [9.17, 15) is 5.11 Å². The summed E-state index contributed by atoms with van der Waals surface area (Å²) in [7, 11) is 0. The van der Waals surface area contributed by atoms with Crippen LogP contribution in [0, 0.1) is 5.92 Å². The molecule has 1 aliphatic rings. The normalized spacial score (nSPS) is 27.2. The highest BCUT2D eigenvalue weighted by molar-refractivity contribution is 4.80. The fourth-order valence-electron chi connectivity index (χ4n) is 2.39. The highest BCUT2D eigenvalue weighted by Crippen LogP contribution is 2.18. The van der Waals surface area contributed by atoms with Gasteiger partial charge in [0.15, 0.2) is 0 Å². The van der Waals surface area contributed by atoms with Crippen molar-refractivity contribution in [1.29, 1.82) is 0 Å². The average Bonchev–Trinajstić information content (AvgIpc) is 2.19. The summed E-state index contributed by atoms with van der Waals surface area (Å²) in [6.07, 6.45) is 7.00. The minimum absolute atomic E-state index is 0.128. The first-order valence-corrected chi connectivity index (χ1v) is 6.15. The Hall–Kier alpha value is -0.0800. The van der Waals surface area contributed by atoms with Crippen LogP contribution in [0.1, 0.15) is 52.4 Å². The van der Waals surface area contributed by atoms with E-state index in [-0.39, 0.29) is 6.10 Å². The van der Waals surface area contributed by atoms with Crippen molar-refractivity contribution >= 4 is 0 Å². The molecular weight excluding hydrogens is 174 g/mol. The molecule has 0 amide bonds. The van der Waals surface area contributed by atoms with E-state index in [1.54, 1.807) is 0 Å². The maximum Gasteiger partial charge on any atom is 0.0695 e. The molecule has 1 rings (SSSR count). The number of aliphatic hydroxyl groups excluding tert-OH is 1. The first kappa shape index (κ1) is 12.0. The van der Waals surface area contributed by atoms with E-state index < -0.39 is 0 Å². The van der Waals surface area contributed by atoms with Gasteiger partial charge in [0.2, 0.25) is 0 Å². The lowest BCUT2D eigenvalue weighted by atomic mass is 9.91. The second kappa shape index (κ2) is 6.41. The van der Waals surface area contributed by atoms with Gasteiger partial charge in [-0.15, -0.1) is 0 Å². The molecule has 0 bridgehead atoms. The largest absolute Gasteiger partial charge is 0.391 e. The van der Waals surface area contributed by atoms with Crippen molar-refractivity contribution in [2.75, 3.05) is 6.54 Å². The van der Waals surface area contributed by atoms with E-state index in [1.807, 2.05) is 0 Å². The average molecular weight is 199 g/mol. The summed E-state index contributed by atoms with van der Waals surface area (Å²) < 4.78 is 0. The number of piperidine rings is 1. The molecule has 3 unspecified atom stereocenters. The molecule has 1 heterocycles. The minimum Gasteiger partial charge on any atom is -0.391 e. The van der Waals surface area contributed by atoms with Gasteiger partial charge in [0.25, 0.3) is 0 Å². The van der Waals surface area contributed by atoms with Crippen molar-refractivity contribution in [3.8, 4) is 0 Å². The third kappa shape index (κ3) is 3.97. The Bertz CT molecular complexity index is 143. The topological polar surface area (TPSA) is 32.3 Å². The fourth-order valence-corrected chi connectivity index (χ4v) is 2.39. The van der Waals surface area contributed by atoms with Gasteiger partial charge in [-0.3, -0.25) is 0 Å². The molecule has 0 saturated carbocycles. The Kier molecular flexibility index (Phi) is 5.49. The smallest absolute Gasteiger partial charge is 0.0695 e. The van der Waals surface area contributed by atoms with E-state index in [0.717, 1.165) is 19.4 Å². The van der Waals surface area contributed by atoms with Crippen LogP contribution in [0.5, 0.6) is 0 Å². The van der Waals surface area contributed by atoms with Crippen LogP contribution >= 0.6 is 0 Å². The van der Waals surface area contributed by atoms with Crippen molar-refractivity contribution in [2.24, 2.45) is 5.92 Å². The third-order valence-electron chi connectivity index (χ3n) is 3.24. The van der Waals surface area contributed by atoms with Gasteiger partial charge in [-0.25, -0.2) is 0 Å². The lowest BCUT2D eigenvalue weighted by Crippen LogP contribution is -2.43. The summed E-state index contributed by atoms with van der Waals surface area (Å²) in [5.41, 5.74) is 0. The summed E-state index contributed by atoms with van der Waals surface area (Å²) in [5, 5.41) is 13.4. The van der Waals surface area contributed by atoms with Gasteiger partial charge in [-0.2, -0.15) is 0 Å². The van der Waals surface area contributed by atoms with Gasteiger partial charge < -0.3 is 10.4 Å². The van der Waals surface area contributed by atoms with Crippen molar-refractivity contribution in [1.82, 2.24) is 5.32 Å². The quantitative estimate of drug-likeness (QED) is 0.712. The summed E-state index contributed by atoms with van der Waals surface area (Å²) >= 11 is 0. The second-order valence-corrected chi connectivity index (χ2v) is 4.75. The summed E-state index contributed by atoms with van der Waals surface area (Å²) in [6.45, 7) is 5.54. The molecule has 2 heteroatoms. The molecule has 0 spiro atoms. The second-order valence-electron chi connectivity index (χ2n) is 4.75. The van der Waals surface area contributed by atoms with Crippen LogP contribution in [0.3, 0.4) is 0 Å². The van der Waals surface area contributed by atoms with E-state index in [1.165, 1.54) is 25.7 Å². The van der Waals surface area contributed by atoms with E-state index in [4.69, 9.17) is 0 Å². The lowest BCUT2D eigenvalue weighted by molar-refractivity contribution is 0.0890. The predicted molar refractivity (Wildman–Crippen MR) is 60.3 cm³/mol. The standard InChI is InChI=1S/C12H25NO/c1-3-6-10(2)9-12(14)11-7-4-5-8-13-11/h10-14H,3-9H2,1-2H3. The first-order chi connectivity index (χ1) is 6.74. The molecular formula is C12H25NO. The molecule has 0 aromatic heterocycles. The van der Waals surface area contributed by atoms with E-state index in [0.29, 0.717) is 12.0 Å². The van der Waals surface area contributed by atoms with Gasteiger partial charge in [0.05, 0.1) is 6.10 Å². The molecule has 3 atom stereocenters. The molecule has 1 aliphatic heterocycles. The molecule has 14 heavy (non-hydrogen) atoms. The molecule has 0 aromatic rings. The molecule has 1 saturated heterocycles. The van der Waals surface area contributed by atoms with Crippen LogP contribution in [0.25, 0.3) is 0 Å². The number of hydrogen-bond acceptors (Lipinski definition) is 2. The molecule has 2 nitrogen and oxygen atoms in total. The third-order valence-corrected chi connectivity index (χ3v) is 3.24. The maximum atomic E-state index is 10.0. The van der Waals surface area contributed by atoms with Crippen molar-refractivity contribution in [3.05, 3.63) is 0 Å². The maximum absolute atomic E-state index is 10.0. The zero-order valence-corrected chi connectivity index (χ0v) is 9.63. The van der Waals surface area contributed by atoms with Crippen LogP contribution in [0.15, 0.2) is 0 Å². The molecule has 84 valence electrons. The highest BCUT2D eigenvalue weighted by Gasteiger charge is 2.22. The summed E-state index contributed by atoms with van der Waals surface area (Å²) in [4.78, 5) is 0. The SMILES string of the molecule is CCCC(C)CC(O)C1CCCCN1. The zero-order chi connectivity index (χ0) is 10.4. The number of rotatable bonds is 5. The Morgan fingerprint density at radius 2 is 2.21 bits per heavy atom. The molecule has 1 fully saturated rings. The molecule has 0 aromatic carbocycles. The first-order valence-electron chi connectivity index (χ1n) is 6.15. The highest BCUT2D eigenvalue weighted by atomic mass is 16.3.